The minimum Gasteiger partial charge on any atom is -0.465 e. The molecule has 2 amide bonds. The Bertz CT molecular complexity index is 1950. The molecule has 54 heavy (non-hydrogen) atoms. The van der Waals surface area contributed by atoms with Gasteiger partial charge < -0.3 is 24.8 Å². The number of hydrogen-bond donors (Lipinski definition) is 2. The number of likely N-dealkylation sites (tertiary alicyclic amines) is 2. The Labute approximate surface area is 315 Å². The van der Waals surface area contributed by atoms with E-state index in [2.05, 4.69) is 33.3 Å². The van der Waals surface area contributed by atoms with Crippen LogP contribution in [0, 0.1) is 17.7 Å². The number of anilines is 1. The number of carbonyl (C=O) groups is 2. The van der Waals surface area contributed by atoms with Gasteiger partial charge >= 0.3 is 6.09 Å². The molecule has 1 aromatic heterocycles. The molecule has 0 bridgehead atoms. The van der Waals surface area contributed by atoms with Gasteiger partial charge in [0.25, 0.3) is 0 Å². The summed E-state index contributed by atoms with van der Waals surface area (Å²) in [5.41, 5.74) is -0.401. The molecule has 14 heteroatoms. The van der Waals surface area contributed by atoms with Crippen molar-refractivity contribution in [2.24, 2.45) is 11.8 Å². The lowest BCUT2D eigenvalue weighted by Crippen LogP contribution is -2.64. The highest BCUT2D eigenvalue weighted by Crippen LogP contribution is 2.52. The number of hydrogen-bond acceptors (Lipinski definition) is 7. The van der Waals surface area contributed by atoms with Crippen LogP contribution in [-0.4, -0.2) is 108 Å². The maximum Gasteiger partial charge on any atom is 0.404 e. The van der Waals surface area contributed by atoms with Crippen LogP contribution in [0.3, 0.4) is 0 Å². The quantitative estimate of drug-likeness (QED) is 0.231. The topological polar surface area (TPSA) is 128 Å². The maximum absolute atomic E-state index is 16.2. The summed E-state index contributed by atoms with van der Waals surface area (Å²) in [6.45, 7) is 8.30. The molecule has 1 aliphatic carbocycles. The monoisotopic (exact) mass is 764 g/mol. The second-order valence-electron chi connectivity index (χ2n) is 15.6. The van der Waals surface area contributed by atoms with Gasteiger partial charge in [0.15, 0.2) is 15.5 Å². The van der Waals surface area contributed by atoms with Crippen LogP contribution in [0.25, 0.3) is 0 Å². The van der Waals surface area contributed by atoms with Gasteiger partial charge in [-0.15, -0.1) is 0 Å². The molecule has 2 aromatic carbocycles. The summed E-state index contributed by atoms with van der Waals surface area (Å²) >= 11 is 0. The molecule has 0 radical (unpaired) electrons. The molecule has 3 atom stereocenters. The van der Waals surface area contributed by atoms with Gasteiger partial charge in [-0.2, -0.15) is 0 Å². The summed E-state index contributed by atoms with van der Waals surface area (Å²) in [5.74, 6) is 0.323. The summed E-state index contributed by atoms with van der Waals surface area (Å²) in [6.07, 6.45) is 8.50. The highest BCUT2D eigenvalue weighted by molar-refractivity contribution is 7.92. The number of aryl methyl sites for hydroxylation is 1. The number of alkyl halides is 1. The van der Waals surface area contributed by atoms with E-state index < -0.39 is 32.3 Å². The van der Waals surface area contributed by atoms with Gasteiger partial charge in [0, 0.05) is 62.1 Å². The van der Waals surface area contributed by atoms with Crippen LogP contribution in [0.2, 0.25) is 0 Å². The number of nitrogens with one attached hydrogen (secondary N) is 1. The Morgan fingerprint density at radius 2 is 1.81 bits per heavy atom. The number of halogens is 2. The predicted molar refractivity (Wildman–Crippen MR) is 201 cm³/mol. The number of carboxylic acid groups (broad SMARTS) is 1. The minimum atomic E-state index is -3.60. The molecule has 11 nitrogen and oxygen atoms in total. The summed E-state index contributed by atoms with van der Waals surface area (Å²) in [4.78, 5) is 34.1. The predicted octanol–water partition coefficient (Wildman–Crippen LogP) is 5.07. The molecule has 1 saturated carbocycles. The number of imidazole rings is 1. The Morgan fingerprint density at radius 3 is 2.46 bits per heavy atom. The van der Waals surface area contributed by atoms with Gasteiger partial charge in [-0.1, -0.05) is 32.1 Å². The molecular weight excluding hydrogens is 715 g/mol. The molecule has 2 N–H and O–H groups in total. The fraction of sp³-hybridized carbons (Fsp3) is 0.525. The van der Waals surface area contributed by atoms with Gasteiger partial charge in [-0.25, -0.2) is 27.0 Å². The van der Waals surface area contributed by atoms with Crippen LogP contribution in [0.1, 0.15) is 50.4 Å². The van der Waals surface area contributed by atoms with Crippen LogP contribution in [0.4, 0.5) is 19.3 Å². The average Bonchev–Trinajstić information content (AvgIpc) is 3.78. The molecule has 3 saturated heterocycles. The first-order valence-corrected chi connectivity index (χ1v) is 20.6. The van der Waals surface area contributed by atoms with E-state index in [9.17, 15) is 23.1 Å². The minimum absolute atomic E-state index is 0.0713. The van der Waals surface area contributed by atoms with Crippen molar-refractivity contribution in [1.82, 2.24) is 24.7 Å². The molecule has 1 unspecified atom stereocenters. The first-order valence-electron chi connectivity index (χ1n) is 19.0. The molecule has 4 fully saturated rings. The summed E-state index contributed by atoms with van der Waals surface area (Å²) < 4.78 is 59.7. The molecule has 3 aliphatic heterocycles. The van der Waals surface area contributed by atoms with Crippen molar-refractivity contribution in [2.45, 2.75) is 79.3 Å². The molecule has 3 aromatic rings. The smallest absolute Gasteiger partial charge is 0.404 e. The van der Waals surface area contributed by atoms with Crippen LogP contribution in [0.15, 0.2) is 78.5 Å². The zero-order valence-corrected chi connectivity index (χ0v) is 31.6. The second-order valence-corrected chi connectivity index (χ2v) is 17.9. The molecule has 0 spiro atoms. The second kappa shape index (κ2) is 15.1. The van der Waals surface area contributed by atoms with Gasteiger partial charge in [-0.05, 0) is 98.6 Å². The number of piperidine rings is 1. The van der Waals surface area contributed by atoms with E-state index in [1.807, 2.05) is 17.2 Å². The van der Waals surface area contributed by atoms with Crippen molar-refractivity contribution in [1.29, 1.82) is 0 Å². The van der Waals surface area contributed by atoms with Gasteiger partial charge in [0.05, 0.1) is 18.0 Å². The fourth-order valence-electron chi connectivity index (χ4n) is 9.77. The lowest BCUT2D eigenvalue weighted by molar-refractivity contribution is -0.129. The van der Waals surface area contributed by atoms with E-state index in [0.717, 1.165) is 49.2 Å². The van der Waals surface area contributed by atoms with Crippen molar-refractivity contribution >= 4 is 27.5 Å². The van der Waals surface area contributed by atoms with Gasteiger partial charge in [0.2, 0.25) is 5.91 Å². The standard InChI is InChI=1S/C40H50F2N6O5S/c1-3-36-43-17-20-46(36)27-40(29-7-5-8-30(41)21-29,34-9-6-10-35(34)44-38(50)51)28-15-18-45(19-16-28)24-39(42)25-48(26-39)31-11-13-32(14-12-31)54(52,53)33-22-47(23-33)37(49)4-2/h4-5,7-8,11-14,17,20-21,28,33-35,44H,2-3,6,9-10,15-16,18-19,22-27H2,1H3,(H,50,51)/t34-,35-,40?/m0/s1. The van der Waals surface area contributed by atoms with E-state index >= 15 is 8.78 Å². The molecular formula is C40H50F2N6O5S. The maximum atomic E-state index is 16.2. The highest BCUT2D eigenvalue weighted by atomic mass is 32.2. The first kappa shape index (κ1) is 38.0. The normalized spacial score (nSPS) is 23.3. The summed E-state index contributed by atoms with van der Waals surface area (Å²) in [5, 5.41) is 12.0. The number of amides is 2. The van der Waals surface area contributed by atoms with Gasteiger partial charge in [-0.3, -0.25) is 9.69 Å². The summed E-state index contributed by atoms with van der Waals surface area (Å²) in [6, 6.07) is 13.1. The molecule has 290 valence electrons. The Morgan fingerprint density at radius 1 is 1.09 bits per heavy atom. The van der Waals surface area contributed by atoms with E-state index in [0.29, 0.717) is 26.1 Å². The zero-order chi connectivity index (χ0) is 38.3. The third-order valence-electron chi connectivity index (χ3n) is 12.5. The fourth-order valence-corrected chi connectivity index (χ4v) is 11.4. The van der Waals surface area contributed by atoms with Crippen molar-refractivity contribution in [2.75, 3.05) is 50.7 Å². The number of aromatic nitrogens is 2. The van der Waals surface area contributed by atoms with Crippen molar-refractivity contribution < 1.29 is 31.9 Å². The van der Waals surface area contributed by atoms with Crippen molar-refractivity contribution in [3.63, 3.8) is 0 Å². The van der Waals surface area contributed by atoms with Crippen molar-refractivity contribution in [3.05, 3.63) is 90.8 Å². The van der Waals surface area contributed by atoms with E-state index in [4.69, 9.17) is 0 Å². The highest BCUT2D eigenvalue weighted by Gasteiger charge is 2.53. The van der Waals surface area contributed by atoms with Crippen LogP contribution < -0.4 is 10.2 Å². The van der Waals surface area contributed by atoms with E-state index in [1.54, 1.807) is 42.6 Å². The lowest BCUT2D eigenvalue weighted by atomic mass is 9.58. The number of nitrogens with zero attached hydrogens (tertiary/aromatic N) is 5. The van der Waals surface area contributed by atoms with Crippen LogP contribution >= 0.6 is 0 Å². The summed E-state index contributed by atoms with van der Waals surface area (Å²) in [7, 11) is -3.60. The molecule has 7 rings (SSSR count). The SMILES string of the molecule is C=CC(=O)N1CC(S(=O)(=O)c2ccc(N3CC(F)(CN4CCC(C(Cn5ccnc5CC)(c5cccc(F)c5)[C@H]5CCC[C@@H]5NC(=O)O)CC4)C3)cc2)C1. The number of sulfone groups is 1. The van der Waals surface area contributed by atoms with E-state index in [-0.39, 0.29) is 67.2 Å². The van der Waals surface area contributed by atoms with Gasteiger partial charge in [0.1, 0.15) is 16.9 Å². The lowest BCUT2D eigenvalue weighted by Gasteiger charge is -2.52. The average molecular weight is 765 g/mol. The number of carbonyl (C=O) groups excluding carboxylic acids is 1. The molecule has 4 aliphatic rings. The largest absolute Gasteiger partial charge is 0.465 e. The third-order valence-corrected chi connectivity index (χ3v) is 14.6. The Kier molecular flexibility index (Phi) is 10.6. The first-order chi connectivity index (χ1) is 25.8. The Hall–Kier alpha value is -4.30. The third kappa shape index (κ3) is 7.26. The number of benzene rings is 2. The Balaban J connectivity index is 1.04. The number of rotatable bonds is 13. The van der Waals surface area contributed by atoms with E-state index in [1.165, 1.54) is 17.0 Å². The van der Waals surface area contributed by atoms with Crippen LogP contribution in [-0.2, 0) is 33.0 Å². The zero-order valence-electron chi connectivity index (χ0n) is 30.7. The van der Waals surface area contributed by atoms with Crippen LogP contribution in [0.5, 0.6) is 0 Å². The molecule has 4 heterocycles. The van der Waals surface area contributed by atoms with Crippen molar-refractivity contribution in [3.8, 4) is 0 Å².